The molecule has 1 aromatic rings. The molecule has 1 rings (SSSR count). The van der Waals surface area contributed by atoms with Crippen molar-refractivity contribution in [2.75, 3.05) is 33.4 Å². The van der Waals surface area contributed by atoms with Crippen LogP contribution in [-0.4, -0.2) is 44.3 Å². The second kappa shape index (κ2) is 9.32. The number of nitrogens with zero attached hydrogens (tertiary/aromatic N) is 3. The zero-order valence-electron chi connectivity index (χ0n) is 13.1. The summed E-state index contributed by atoms with van der Waals surface area (Å²) >= 11 is 1.78. The van der Waals surface area contributed by atoms with E-state index in [2.05, 4.69) is 33.5 Å². The fraction of sp³-hybridized carbons (Fsp3) is 0.571. The van der Waals surface area contributed by atoms with Crippen molar-refractivity contribution in [3.63, 3.8) is 0 Å². The van der Waals surface area contributed by atoms with E-state index in [0.717, 1.165) is 36.1 Å². The van der Waals surface area contributed by atoms with Gasteiger partial charge in [-0.3, -0.25) is 10.3 Å². The van der Waals surface area contributed by atoms with E-state index in [1.807, 2.05) is 20.3 Å². The van der Waals surface area contributed by atoms with Crippen LogP contribution in [0.2, 0.25) is 0 Å². The lowest BCUT2D eigenvalue weighted by molar-refractivity contribution is 0.343. The van der Waals surface area contributed by atoms with Crippen LogP contribution in [0.1, 0.15) is 17.1 Å². The van der Waals surface area contributed by atoms with Crippen LogP contribution in [-0.2, 0) is 12.3 Å². The van der Waals surface area contributed by atoms with Gasteiger partial charge in [0.2, 0.25) is 5.96 Å². The fourth-order valence-electron chi connectivity index (χ4n) is 1.75. The molecule has 0 radical (unpaired) electrons. The van der Waals surface area contributed by atoms with Crippen molar-refractivity contribution in [2.45, 2.75) is 19.2 Å². The van der Waals surface area contributed by atoms with Crippen molar-refractivity contribution < 1.29 is 4.42 Å². The van der Waals surface area contributed by atoms with Crippen LogP contribution in [0.3, 0.4) is 0 Å². The van der Waals surface area contributed by atoms with E-state index >= 15 is 0 Å². The predicted molar refractivity (Wildman–Crippen MR) is 87.1 cm³/mol. The number of aryl methyl sites for hydroxylation is 1. The molecule has 0 amide bonds. The third kappa shape index (κ3) is 6.56. The molecule has 0 spiro atoms. The number of rotatable bonds is 7. The van der Waals surface area contributed by atoms with Gasteiger partial charge in [-0.25, -0.2) is 0 Å². The lowest BCUT2D eigenvalue weighted by Crippen LogP contribution is -2.35. The molecule has 0 saturated carbocycles. The number of nitrogens with one attached hydrogen (secondary N) is 2. The fourth-order valence-corrected chi connectivity index (χ4v) is 2.49. The minimum Gasteiger partial charge on any atom is -0.464 e. The first-order valence-corrected chi connectivity index (χ1v) is 7.88. The molecule has 0 saturated heterocycles. The zero-order chi connectivity index (χ0) is 15.7. The highest BCUT2D eigenvalue weighted by molar-refractivity contribution is 7.98. The van der Waals surface area contributed by atoms with Crippen LogP contribution in [0, 0.1) is 18.4 Å². The maximum atomic E-state index is 8.51. The summed E-state index contributed by atoms with van der Waals surface area (Å²) in [5.74, 6) is 4.30. The Morgan fingerprint density at radius 2 is 2.29 bits per heavy atom. The molecule has 6 nitrogen and oxygen atoms in total. The molecule has 1 aromatic heterocycles. The molecule has 2 N–H and O–H groups in total. The number of hydrogen-bond acceptors (Lipinski definition) is 5. The molecule has 0 atom stereocenters. The van der Waals surface area contributed by atoms with Crippen LogP contribution in [0.15, 0.2) is 15.5 Å². The molecule has 0 bridgehead atoms. The predicted octanol–water partition coefficient (Wildman–Crippen LogP) is 1.53. The van der Waals surface area contributed by atoms with Gasteiger partial charge in [0, 0.05) is 19.3 Å². The Bertz CT molecular complexity index is 504. The van der Waals surface area contributed by atoms with Crippen LogP contribution < -0.4 is 10.6 Å². The summed E-state index contributed by atoms with van der Waals surface area (Å²) in [6.07, 6.45) is 1.84. The average molecular weight is 309 g/mol. The largest absolute Gasteiger partial charge is 0.464 e. The number of thioether (sulfide) groups is 1. The Morgan fingerprint density at radius 1 is 1.52 bits per heavy atom. The second-order valence-electron chi connectivity index (χ2n) is 4.85. The van der Waals surface area contributed by atoms with E-state index in [1.165, 1.54) is 5.56 Å². The molecule has 0 aliphatic rings. The summed E-state index contributed by atoms with van der Waals surface area (Å²) in [4.78, 5) is 6.01. The van der Waals surface area contributed by atoms with Gasteiger partial charge in [0.1, 0.15) is 11.5 Å². The summed E-state index contributed by atoms with van der Waals surface area (Å²) in [7, 11) is 5.70. The number of guanidine groups is 1. The first-order valence-electron chi connectivity index (χ1n) is 6.73. The molecule has 0 aliphatic carbocycles. The molecular formula is C14H23N5OS. The van der Waals surface area contributed by atoms with Crippen LogP contribution >= 0.6 is 11.8 Å². The molecular weight excluding hydrogens is 286 g/mol. The average Bonchev–Trinajstić information content (AvgIpc) is 2.76. The monoisotopic (exact) mass is 309 g/mol. The van der Waals surface area contributed by atoms with Crippen molar-refractivity contribution in [2.24, 2.45) is 4.99 Å². The van der Waals surface area contributed by atoms with Crippen molar-refractivity contribution in [3.05, 3.63) is 23.2 Å². The Morgan fingerprint density at radius 3 is 2.90 bits per heavy atom. The molecule has 1 heterocycles. The SMILES string of the molecule is CN=C(NC#N)NCCSCc1cc(C)c(CN(C)C)o1. The Kier molecular flexibility index (Phi) is 7.72. The highest BCUT2D eigenvalue weighted by atomic mass is 32.2. The molecule has 0 aromatic carbocycles. The Balaban J connectivity index is 2.29. The molecule has 21 heavy (non-hydrogen) atoms. The summed E-state index contributed by atoms with van der Waals surface area (Å²) in [6.45, 7) is 3.65. The van der Waals surface area contributed by atoms with E-state index in [0.29, 0.717) is 5.96 Å². The number of hydrogen-bond donors (Lipinski definition) is 2. The quantitative estimate of drug-likeness (QED) is 0.261. The lowest BCUT2D eigenvalue weighted by atomic mass is 10.2. The number of aliphatic imine (C=N–C) groups is 1. The van der Waals surface area contributed by atoms with E-state index in [9.17, 15) is 0 Å². The standard InChI is InChI=1S/C14H23N5OS/c1-11-7-12(20-13(11)8-19(3)4)9-21-6-5-17-14(16-2)18-10-15/h7H,5-6,8-9H2,1-4H3,(H2,16,17,18). The van der Waals surface area contributed by atoms with E-state index < -0.39 is 0 Å². The number of furan rings is 1. The van der Waals surface area contributed by atoms with Crippen molar-refractivity contribution >= 4 is 17.7 Å². The van der Waals surface area contributed by atoms with Gasteiger partial charge < -0.3 is 14.6 Å². The second-order valence-corrected chi connectivity index (χ2v) is 5.95. The summed E-state index contributed by atoms with van der Waals surface area (Å²) < 4.78 is 5.85. The molecule has 0 fully saturated rings. The Labute approximate surface area is 130 Å². The van der Waals surface area contributed by atoms with Gasteiger partial charge in [0.25, 0.3) is 0 Å². The lowest BCUT2D eigenvalue weighted by Gasteiger charge is -2.07. The van der Waals surface area contributed by atoms with E-state index in [-0.39, 0.29) is 0 Å². The zero-order valence-corrected chi connectivity index (χ0v) is 13.9. The summed E-state index contributed by atoms with van der Waals surface area (Å²) in [5, 5.41) is 14.0. The van der Waals surface area contributed by atoms with Crippen molar-refractivity contribution in [3.8, 4) is 6.19 Å². The summed E-state index contributed by atoms with van der Waals surface area (Å²) in [6, 6.07) is 2.11. The highest BCUT2D eigenvalue weighted by Gasteiger charge is 2.08. The van der Waals surface area contributed by atoms with E-state index in [1.54, 1.807) is 18.8 Å². The van der Waals surface area contributed by atoms with Gasteiger partial charge in [0.05, 0.1) is 12.3 Å². The molecule has 116 valence electrons. The van der Waals surface area contributed by atoms with Crippen LogP contribution in [0.4, 0.5) is 0 Å². The van der Waals surface area contributed by atoms with Gasteiger partial charge in [-0.15, -0.1) is 0 Å². The normalized spacial score (nSPS) is 11.5. The first kappa shape index (κ1) is 17.4. The van der Waals surface area contributed by atoms with Gasteiger partial charge >= 0.3 is 0 Å². The third-order valence-electron chi connectivity index (χ3n) is 2.71. The van der Waals surface area contributed by atoms with Gasteiger partial charge in [-0.2, -0.15) is 17.0 Å². The third-order valence-corrected chi connectivity index (χ3v) is 3.69. The van der Waals surface area contributed by atoms with Crippen LogP contribution in [0.5, 0.6) is 0 Å². The minimum atomic E-state index is 0.500. The van der Waals surface area contributed by atoms with Gasteiger partial charge in [-0.1, -0.05) is 0 Å². The van der Waals surface area contributed by atoms with Crippen molar-refractivity contribution in [1.82, 2.24) is 15.5 Å². The maximum Gasteiger partial charge on any atom is 0.204 e. The van der Waals surface area contributed by atoms with E-state index in [4.69, 9.17) is 9.68 Å². The van der Waals surface area contributed by atoms with Crippen molar-refractivity contribution in [1.29, 1.82) is 5.26 Å². The highest BCUT2D eigenvalue weighted by Crippen LogP contribution is 2.20. The summed E-state index contributed by atoms with van der Waals surface area (Å²) in [5.41, 5.74) is 1.20. The topological polar surface area (TPSA) is 76.6 Å². The molecule has 7 heteroatoms. The Hall–Kier alpha value is -1.65. The van der Waals surface area contributed by atoms with Gasteiger partial charge in [-0.05, 0) is 32.6 Å². The maximum absolute atomic E-state index is 8.51. The first-order chi connectivity index (χ1) is 10.1. The van der Waals surface area contributed by atoms with Gasteiger partial charge in [0.15, 0.2) is 6.19 Å². The minimum absolute atomic E-state index is 0.500. The smallest absolute Gasteiger partial charge is 0.204 e. The molecule has 0 aliphatic heterocycles. The molecule has 0 unspecified atom stereocenters. The number of nitriles is 1. The van der Waals surface area contributed by atoms with Crippen LogP contribution in [0.25, 0.3) is 0 Å².